The highest BCUT2D eigenvalue weighted by atomic mass is 32.1. The molecule has 1 N–H and O–H groups in total. The van der Waals surface area contributed by atoms with E-state index in [-0.39, 0.29) is 18.9 Å². The largest absolute Gasteiger partial charge is 0.497 e. The minimum absolute atomic E-state index is 0.252. The van der Waals surface area contributed by atoms with E-state index in [0.29, 0.717) is 24.3 Å². The third-order valence-corrected chi connectivity index (χ3v) is 4.92. The third kappa shape index (κ3) is 5.52. The van der Waals surface area contributed by atoms with Gasteiger partial charge in [0.2, 0.25) is 0 Å². The van der Waals surface area contributed by atoms with Crippen LogP contribution in [0.5, 0.6) is 5.75 Å². The molecule has 3 rings (SSSR count). The van der Waals surface area contributed by atoms with Crippen molar-refractivity contribution >= 4 is 39.1 Å². The van der Waals surface area contributed by atoms with Crippen LogP contribution >= 0.6 is 11.3 Å². The maximum atomic E-state index is 11.9. The molecule has 2 aromatic carbocycles. The fourth-order valence-corrected chi connectivity index (χ4v) is 3.54. The van der Waals surface area contributed by atoms with Crippen molar-refractivity contribution in [2.45, 2.75) is 19.3 Å². The first-order valence-corrected chi connectivity index (χ1v) is 9.39. The van der Waals surface area contributed by atoms with E-state index in [1.54, 1.807) is 42.7 Å². The van der Waals surface area contributed by atoms with Crippen LogP contribution in [0.3, 0.4) is 0 Å². The standard InChI is InChI=1S/C20H20N2O4S/c1-25-15-7-4-6-14(12-15)21-18(23)13-26-20(24)11-5-10-19-22-16-8-2-3-9-17(16)27-19/h2-4,6-9,12H,5,10-11,13H2,1H3,(H,21,23). The number of aromatic nitrogens is 1. The molecule has 1 aromatic heterocycles. The number of para-hydroxylation sites is 1. The molecule has 0 aliphatic heterocycles. The molecule has 6 nitrogen and oxygen atoms in total. The second-order valence-electron chi connectivity index (χ2n) is 5.87. The number of nitrogens with zero attached hydrogens (tertiary/aromatic N) is 1. The number of fused-ring (bicyclic) bond motifs is 1. The summed E-state index contributed by atoms with van der Waals surface area (Å²) in [4.78, 5) is 28.2. The molecule has 0 radical (unpaired) electrons. The maximum absolute atomic E-state index is 11.9. The number of thiazole rings is 1. The normalized spacial score (nSPS) is 10.6. The van der Waals surface area contributed by atoms with Crippen LogP contribution in [0.25, 0.3) is 10.2 Å². The van der Waals surface area contributed by atoms with Gasteiger partial charge in [0.1, 0.15) is 5.75 Å². The van der Waals surface area contributed by atoms with E-state index in [2.05, 4.69) is 10.3 Å². The smallest absolute Gasteiger partial charge is 0.306 e. The summed E-state index contributed by atoms with van der Waals surface area (Å²) in [5.74, 6) is -0.140. The Balaban J connectivity index is 1.38. The van der Waals surface area contributed by atoms with E-state index in [9.17, 15) is 9.59 Å². The van der Waals surface area contributed by atoms with Crippen LogP contribution in [0.1, 0.15) is 17.8 Å². The van der Waals surface area contributed by atoms with Gasteiger partial charge in [-0.2, -0.15) is 0 Å². The molecule has 1 amide bonds. The Labute approximate surface area is 161 Å². The number of aryl methyl sites for hydroxylation is 1. The first-order chi connectivity index (χ1) is 13.1. The number of hydrogen-bond acceptors (Lipinski definition) is 6. The van der Waals surface area contributed by atoms with Crippen molar-refractivity contribution in [1.29, 1.82) is 0 Å². The molecule has 0 spiro atoms. The van der Waals surface area contributed by atoms with Gasteiger partial charge in [-0.25, -0.2) is 4.98 Å². The second-order valence-corrected chi connectivity index (χ2v) is 6.98. The van der Waals surface area contributed by atoms with Crippen molar-refractivity contribution < 1.29 is 19.1 Å². The van der Waals surface area contributed by atoms with E-state index in [4.69, 9.17) is 9.47 Å². The number of amides is 1. The molecular weight excluding hydrogens is 364 g/mol. The van der Waals surface area contributed by atoms with Crippen LogP contribution in [0.2, 0.25) is 0 Å². The number of anilines is 1. The summed E-state index contributed by atoms with van der Waals surface area (Å²) >= 11 is 1.63. The van der Waals surface area contributed by atoms with E-state index in [1.165, 1.54) is 0 Å². The Kier molecular flexibility index (Phi) is 6.38. The minimum atomic E-state index is -0.392. The summed E-state index contributed by atoms with van der Waals surface area (Å²) in [5.41, 5.74) is 1.57. The summed E-state index contributed by atoms with van der Waals surface area (Å²) < 4.78 is 11.3. The number of carbonyl (C=O) groups is 2. The highest BCUT2D eigenvalue weighted by molar-refractivity contribution is 7.18. The number of ether oxygens (including phenoxy) is 2. The van der Waals surface area contributed by atoms with Gasteiger partial charge < -0.3 is 14.8 Å². The summed E-state index contributed by atoms with van der Waals surface area (Å²) in [6, 6.07) is 14.9. The van der Waals surface area contributed by atoms with Gasteiger partial charge in [0.05, 0.1) is 22.3 Å². The average molecular weight is 384 g/mol. The molecule has 0 aliphatic rings. The Morgan fingerprint density at radius 1 is 1.15 bits per heavy atom. The quantitative estimate of drug-likeness (QED) is 0.598. The summed E-state index contributed by atoms with van der Waals surface area (Å²) in [7, 11) is 1.55. The molecule has 3 aromatic rings. The van der Waals surface area contributed by atoms with Crippen LogP contribution in [0.15, 0.2) is 48.5 Å². The van der Waals surface area contributed by atoms with Crippen molar-refractivity contribution in [3.05, 3.63) is 53.5 Å². The molecule has 1 heterocycles. The summed E-state index contributed by atoms with van der Waals surface area (Å²) in [6.45, 7) is -0.308. The van der Waals surface area contributed by atoms with Gasteiger partial charge >= 0.3 is 5.97 Å². The van der Waals surface area contributed by atoms with Crippen LogP contribution in [-0.2, 0) is 20.7 Å². The van der Waals surface area contributed by atoms with Gasteiger partial charge in [-0.1, -0.05) is 18.2 Å². The fourth-order valence-electron chi connectivity index (χ4n) is 2.53. The zero-order valence-electron chi connectivity index (χ0n) is 14.9. The molecule has 0 bridgehead atoms. The lowest BCUT2D eigenvalue weighted by Gasteiger charge is -2.07. The topological polar surface area (TPSA) is 77.5 Å². The molecule has 0 unspecified atom stereocenters. The fraction of sp³-hybridized carbons (Fsp3) is 0.250. The zero-order chi connectivity index (χ0) is 19.1. The summed E-state index contributed by atoms with van der Waals surface area (Å²) in [6.07, 6.45) is 1.60. The molecule has 0 saturated carbocycles. The van der Waals surface area contributed by atoms with Crippen molar-refractivity contribution in [3.63, 3.8) is 0 Å². The van der Waals surface area contributed by atoms with E-state index >= 15 is 0 Å². The maximum Gasteiger partial charge on any atom is 0.306 e. The predicted molar refractivity (Wildman–Crippen MR) is 105 cm³/mol. The molecule has 0 atom stereocenters. The van der Waals surface area contributed by atoms with Gasteiger partial charge in [0.15, 0.2) is 6.61 Å². The number of rotatable bonds is 8. The van der Waals surface area contributed by atoms with Crippen molar-refractivity contribution in [1.82, 2.24) is 4.98 Å². The van der Waals surface area contributed by atoms with Crippen molar-refractivity contribution in [2.24, 2.45) is 0 Å². The minimum Gasteiger partial charge on any atom is -0.497 e. The highest BCUT2D eigenvalue weighted by Crippen LogP contribution is 2.22. The number of hydrogen-bond donors (Lipinski definition) is 1. The Morgan fingerprint density at radius 3 is 2.81 bits per heavy atom. The van der Waals surface area contributed by atoms with Crippen LogP contribution in [0, 0.1) is 0 Å². The molecule has 0 saturated heterocycles. The monoisotopic (exact) mass is 384 g/mol. The predicted octanol–water partition coefficient (Wildman–Crippen LogP) is 3.81. The van der Waals surface area contributed by atoms with E-state index in [1.807, 2.05) is 24.3 Å². The highest BCUT2D eigenvalue weighted by Gasteiger charge is 2.10. The zero-order valence-corrected chi connectivity index (χ0v) is 15.8. The number of carbonyl (C=O) groups excluding carboxylic acids is 2. The second kappa shape index (κ2) is 9.14. The molecule has 27 heavy (non-hydrogen) atoms. The third-order valence-electron chi connectivity index (χ3n) is 3.83. The van der Waals surface area contributed by atoms with Crippen LogP contribution in [0.4, 0.5) is 5.69 Å². The number of nitrogens with one attached hydrogen (secondary N) is 1. The lowest BCUT2D eigenvalue weighted by Crippen LogP contribution is -2.20. The Morgan fingerprint density at radius 2 is 2.00 bits per heavy atom. The van der Waals surface area contributed by atoms with Crippen molar-refractivity contribution in [2.75, 3.05) is 19.0 Å². The average Bonchev–Trinajstić information content (AvgIpc) is 3.09. The Hall–Kier alpha value is -2.93. The van der Waals surface area contributed by atoms with Gasteiger partial charge in [0, 0.05) is 18.2 Å². The molecule has 0 aliphatic carbocycles. The lowest BCUT2D eigenvalue weighted by molar-refractivity contribution is -0.147. The molecule has 140 valence electrons. The lowest BCUT2D eigenvalue weighted by atomic mass is 10.2. The molecule has 0 fully saturated rings. The number of methoxy groups -OCH3 is 1. The first kappa shape index (κ1) is 18.8. The van der Waals surface area contributed by atoms with E-state index < -0.39 is 5.97 Å². The number of esters is 1. The van der Waals surface area contributed by atoms with Gasteiger partial charge in [-0.05, 0) is 37.1 Å². The van der Waals surface area contributed by atoms with Crippen LogP contribution < -0.4 is 10.1 Å². The van der Waals surface area contributed by atoms with Crippen molar-refractivity contribution in [3.8, 4) is 5.75 Å². The van der Waals surface area contributed by atoms with Gasteiger partial charge in [0.25, 0.3) is 5.91 Å². The summed E-state index contributed by atoms with van der Waals surface area (Å²) in [5, 5.41) is 3.66. The van der Waals surface area contributed by atoms with Gasteiger partial charge in [-0.3, -0.25) is 9.59 Å². The van der Waals surface area contributed by atoms with Gasteiger partial charge in [-0.15, -0.1) is 11.3 Å². The SMILES string of the molecule is COc1cccc(NC(=O)COC(=O)CCCc2nc3ccccc3s2)c1. The van der Waals surface area contributed by atoms with Crippen LogP contribution in [-0.4, -0.2) is 30.6 Å². The number of benzene rings is 2. The molecule has 7 heteroatoms. The Bertz CT molecular complexity index is 905. The first-order valence-electron chi connectivity index (χ1n) is 8.58. The van der Waals surface area contributed by atoms with E-state index in [0.717, 1.165) is 15.2 Å². The molecular formula is C20H20N2O4S.